The zero-order valence-electron chi connectivity index (χ0n) is 17.7. The van der Waals surface area contributed by atoms with Crippen LogP contribution in [-0.4, -0.2) is 42.2 Å². The second-order valence-corrected chi connectivity index (χ2v) is 8.46. The Morgan fingerprint density at radius 1 is 1.16 bits per heavy atom. The van der Waals surface area contributed by atoms with Gasteiger partial charge in [0, 0.05) is 25.7 Å². The fourth-order valence-electron chi connectivity index (χ4n) is 4.40. The van der Waals surface area contributed by atoms with Crippen molar-refractivity contribution < 1.29 is 23.4 Å². The van der Waals surface area contributed by atoms with Gasteiger partial charge in [0.2, 0.25) is 0 Å². The van der Waals surface area contributed by atoms with Gasteiger partial charge < -0.3 is 9.84 Å². The molecule has 2 aromatic carbocycles. The van der Waals surface area contributed by atoms with Crippen LogP contribution in [-0.2, 0) is 17.6 Å². The van der Waals surface area contributed by atoms with E-state index in [9.17, 15) is 13.6 Å². The number of aryl methyl sites for hydroxylation is 2. The molecule has 2 aliphatic rings. The van der Waals surface area contributed by atoms with Crippen molar-refractivity contribution in [1.82, 2.24) is 4.90 Å². The van der Waals surface area contributed by atoms with Crippen LogP contribution < -0.4 is 4.74 Å². The highest BCUT2D eigenvalue weighted by Gasteiger charge is 2.33. The Morgan fingerprint density at radius 3 is 2.71 bits per heavy atom. The number of halogens is 2. The first-order valence-electron chi connectivity index (χ1n) is 10.7. The molecule has 6 heteroatoms. The number of benzene rings is 2. The average molecular weight is 427 g/mol. The summed E-state index contributed by atoms with van der Waals surface area (Å²) >= 11 is 0. The molecule has 4 nitrogen and oxygen atoms in total. The van der Waals surface area contributed by atoms with Gasteiger partial charge in [-0.05, 0) is 73.1 Å². The number of carboxylic acids is 1. The van der Waals surface area contributed by atoms with E-state index in [1.54, 1.807) is 0 Å². The molecular formula is C25H27F2NO3. The fourth-order valence-corrected chi connectivity index (χ4v) is 4.40. The van der Waals surface area contributed by atoms with E-state index in [0.29, 0.717) is 38.1 Å². The topological polar surface area (TPSA) is 49.8 Å². The monoisotopic (exact) mass is 427 g/mol. The molecule has 0 spiro atoms. The molecule has 164 valence electrons. The second kappa shape index (κ2) is 9.18. The molecule has 1 N–H and O–H groups in total. The summed E-state index contributed by atoms with van der Waals surface area (Å²) in [4.78, 5) is 13.2. The number of nitrogens with zero attached hydrogens (tertiary/aromatic N) is 1. The summed E-state index contributed by atoms with van der Waals surface area (Å²) in [5.41, 5.74) is 5.65. The van der Waals surface area contributed by atoms with Crippen molar-refractivity contribution in [2.24, 2.45) is 5.92 Å². The standard InChI is InChI=1S/C25H27F2NO3/c1-16-19(13-28-14-20(15-28)25(29)30)5-4-18-11-22(8-9-23(16)18)31-10-2-3-17-6-7-21(26)12-24(17)27/h6-9,11-12,20H,2-5,10,13-15H2,1H3,(H,29,30). The van der Waals surface area contributed by atoms with E-state index in [2.05, 4.69) is 24.0 Å². The van der Waals surface area contributed by atoms with E-state index >= 15 is 0 Å². The summed E-state index contributed by atoms with van der Waals surface area (Å²) in [5, 5.41) is 9.04. The molecule has 1 heterocycles. The highest BCUT2D eigenvalue weighted by molar-refractivity contribution is 5.73. The molecule has 0 bridgehead atoms. The summed E-state index contributed by atoms with van der Waals surface area (Å²) in [7, 11) is 0. The third-order valence-electron chi connectivity index (χ3n) is 6.30. The third-order valence-corrected chi connectivity index (χ3v) is 6.30. The van der Waals surface area contributed by atoms with Gasteiger partial charge in [0.05, 0.1) is 12.5 Å². The Morgan fingerprint density at radius 2 is 1.97 bits per heavy atom. The molecule has 0 aromatic heterocycles. The lowest BCUT2D eigenvalue weighted by Crippen LogP contribution is -2.50. The molecule has 4 rings (SSSR count). The number of aliphatic carboxylic acids is 1. The Balaban J connectivity index is 1.31. The van der Waals surface area contributed by atoms with Crippen LogP contribution in [0.2, 0.25) is 0 Å². The highest BCUT2D eigenvalue weighted by Crippen LogP contribution is 2.34. The van der Waals surface area contributed by atoms with Crippen LogP contribution in [0.15, 0.2) is 42.0 Å². The normalized spacial score (nSPS) is 16.7. The van der Waals surface area contributed by atoms with Crippen molar-refractivity contribution in [3.63, 3.8) is 0 Å². The van der Waals surface area contributed by atoms with Crippen molar-refractivity contribution in [2.75, 3.05) is 26.2 Å². The van der Waals surface area contributed by atoms with Gasteiger partial charge in [-0.2, -0.15) is 0 Å². The Hall–Kier alpha value is -2.73. The predicted octanol–water partition coefficient (Wildman–Crippen LogP) is 4.71. The summed E-state index contributed by atoms with van der Waals surface area (Å²) in [5.74, 6) is -1.19. The molecule has 0 saturated carbocycles. The van der Waals surface area contributed by atoms with Gasteiger partial charge in [0.15, 0.2) is 0 Å². The van der Waals surface area contributed by atoms with Gasteiger partial charge >= 0.3 is 5.97 Å². The Labute approximate surface area is 181 Å². The minimum Gasteiger partial charge on any atom is -0.494 e. The number of allylic oxidation sites excluding steroid dienone is 1. The van der Waals surface area contributed by atoms with Crippen LogP contribution in [0.3, 0.4) is 0 Å². The minimum atomic E-state index is -0.703. The van der Waals surface area contributed by atoms with Crippen LogP contribution in [0.4, 0.5) is 8.78 Å². The molecule has 0 radical (unpaired) electrons. The molecular weight excluding hydrogens is 400 g/mol. The van der Waals surface area contributed by atoms with E-state index < -0.39 is 17.6 Å². The number of fused-ring (bicyclic) bond motifs is 1. The zero-order valence-corrected chi connectivity index (χ0v) is 17.7. The number of ether oxygens (including phenoxy) is 1. The maximum absolute atomic E-state index is 13.7. The van der Waals surface area contributed by atoms with Gasteiger partial charge in [-0.15, -0.1) is 0 Å². The van der Waals surface area contributed by atoms with E-state index in [0.717, 1.165) is 31.2 Å². The van der Waals surface area contributed by atoms with Gasteiger partial charge in [0.25, 0.3) is 0 Å². The summed E-state index contributed by atoms with van der Waals surface area (Å²) in [6, 6.07) is 9.81. The van der Waals surface area contributed by atoms with Crippen molar-refractivity contribution in [1.29, 1.82) is 0 Å². The lowest BCUT2D eigenvalue weighted by Gasteiger charge is -2.38. The van der Waals surface area contributed by atoms with E-state index in [-0.39, 0.29) is 5.92 Å². The Bertz CT molecular complexity index is 1010. The number of carboxylic acid groups (broad SMARTS) is 1. The third kappa shape index (κ3) is 4.96. The van der Waals surface area contributed by atoms with Gasteiger partial charge in [-0.3, -0.25) is 9.69 Å². The molecule has 0 unspecified atom stereocenters. The van der Waals surface area contributed by atoms with Crippen LogP contribution in [0.25, 0.3) is 5.57 Å². The summed E-state index contributed by atoms with van der Waals surface area (Å²) in [6.45, 7) is 4.71. The van der Waals surface area contributed by atoms with Crippen LogP contribution >= 0.6 is 0 Å². The molecule has 1 fully saturated rings. The lowest BCUT2D eigenvalue weighted by atomic mass is 9.85. The quantitative estimate of drug-likeness (QED) is 0.620. The van der Waals surface area contributed by atoms with Crippen LogP contribution in [0.5, 0.6) is 5.75 Å². The summed E-state index contributed by atoms with van der Waals surface area (Å²) in [6.07, 6.45) is 3.06. The number of hydrogen-bond donors (Lipinski definition) is 1. The van der Waals surface area contributed by atoms with Gasteiger partial charge in [0.1, 0.15) is 17.4 Å². The Kier molecular flexibility index (Phi) is 6.37. The number of hydrogen-bond acceptors (Lipinski definition) is 3. The average Bonchev–Trinajstić information content (AvgIpc) is 2.70. The molecule has 0 atom stereocenters. The number of carbonyl (C=O) groups is 1. The number of rotatable bonds is 8. The van der Waals surface area contributed by atoms with E-state index in [4.69, 9.17) is 9.84 Å². The number of likely N-dealkylation sites (tertiary alicyclic amines) is 1. The maximum Gasteiger partial charge on any atom is 0.309 e. The van der Waals surface area contributed by atoms with Gasteiger partial charge in [-0.25, -0.2) is 8.78 Å². The maximum atomic E-state index is 13.7. The van der Waals surface area contributed by atoms with Crippen LogP contribution in [0, 0.1) is 17.6 Å². The predicted molar refractivity (Wildman–Crippen MR) is 115 cm³/mol. The minimum absolute atomic E-state index is 0.226. The zero-order chi connectivity index (χ0) is 22.0. The first-order valence-corrected chi connectivity index (χ1v) is 10.7. The van der Waals surface area contributed by atoms with Crippen molar-refractivity contribution in [2.45, 2.75) is 32.6 Å². The fraction of sp³-hybridized carbons (Fsp3) is 0.400. The van der Waals surface area contributed by atoms with Crippen LogP contribution in [0.1, 0.15) is 36.5 Å². The first kappa shape index (κ1) is 21.5. The summed E-state index contributed by atoms with van der Waals surface area (Å²) < 4.78 is 32.6. The first-order chi connectivity index (χ1) is 14.9. The lowest BCUT2D eigenvalue weighted by molar-refractivity contribution is -0.147. The molecule has 0 amide bonds. The SMILES string of the molecule is CC1=C(CN2CC(C(=O)O)C2)CCc2cc(OCCCc3ccc(F)cc3F)ccc21. The van der Waals surface area contributed by atoms with Crippen molar-refractivity contribution in [3.8, 4) is 5.75 Å². The molecule has 31 heavy (non-hydrogen) atoms. The highest BCUT2D eigenvalue weighted by atomic mass is 19.1. The van der Waals surface area contributed by atoms with E-state index in [1.165, 1.54) is 34.4 Å². The largest absolute Gasteiger partial charge is 0.494 e. The smallest absolute Gasteiger partial charge is 0.309 e. The molecule has 1 aliphatic carbocycles. The van der Waals surface area contributed by atoms with Crippen molar-refractivity contribution >= 4 is 11.5 Å². The second-order valence-electron chi connectivity index (χ2n) is 8.46. The van der Waals surface area contributed by atoms with E-state index in [1.807, 2.05) is 6.07 Å². The van der Waals surface area contributed by atoms with Gasteiger partial charge in [-0.1, -0.05) is 17.7 Å². The molecule has 1 saturated heterocycles. The molecule has 1 aliphatic heterocycles. The molecule has 2 aromatic rings. The van der Waals surface area contributed by atoms with Crippen molar-refractivity contribution in [3.05, 3.63) is 70.3 Å².